The first-order chi connectivity index (χ1) is 9.19. The van der Waals surface area contributed by atoms with E-state index in [4.69, 9.17) is 4.43 Å². The van der Waals surface area contributed by atoms with E-state index in [9.17, 15) is 0 Å². The Morgan fingerprint density at radius 1 is 0.842 bits per heavy atom. The van der Waals surface area contributed by atoms with Gasteiger partial charge < -0.3 is 4.43 Å². The summed E-state index contributed by atoms with van der Waals surface area (Å²) >= 11 is 0. The number of hydrogen-bond donors (Lipinski definition) is 0. The molecule has 0 aliphatic carbocycles. The SMILES string of the molecule is CC[Si](OC(C)C)(c1ccccc1)c1ccccc1. The van der Waals surface area contributed by atoms with Crippen molar-refractivity contribution in [2.24, 2.45) is 0 Å². The molecular weight excluding hydrogens is 248 g/mol. The van der Waals surface area contributed by atoms with Crippen molar-refractivity contribution in [2.75, 3.05) is 0 Å². The summed E-state index contributed by atoms with van der Waals surface area (Å²) < 4.78 is 6.50. The van der Waals surface area contributed by atoms with E-state index in [2.05, 4.69) is 81.4 Å². The monoisotopic (exact) mass is 270 g/mol. The summed E-state index contributed by atoms with van der Waals surface area (Å²) in [5, 5.41) is 2.72. The molecule has 0 saturated heterocycles. The van der Waals surface area contributed by atoms with Crippen molar-refractivity contribution in [3.63, 3.8) is 0 Å². The van der Waals surface area contributed by atoms with Crippen molar-refractivity contribution in [3.05, 3.63) is 60.7 Å². The highest BCUT2D eigenvalue weighted by atomic mass is 28.4. The van der Waals surface area contributed by atoms with Crippen molar-refractivity contribution in [1.29, 1.82) is 0 Å². The van der Waals surface area contributed by atoms with Crippen LogP contribution >= 0.6 is 0 Å². The van der Waals surface area contributed by atoms with Crippen LogP contribution in [-0.2, 0) is 4.43 Å². The van der Waals surface area contributed by atoms with E-state index in [1.54, 1.807) is 0 Å². The lowest BCUT2D eigenvalue weighted by Crippen LogP contribution is -2.61. The topological polar surface area (TPSA) is 9.23 Å². The first kappa shape index (κ1) is 14.0. The van der Waals surface area contributed by atoms with Gasteiger partial charge in [0.05, 0.1) is 0 Å². The Bertz CT molecular complexity index is 454. The highest BCUT2D eigenvalue weighted by Crippen LogP contribution is 2.15. The van der Waals surface area contributed by atoms with Crippen LogP contribution in [0, 0.1) is 0 Å². The van der Waals surface area contributed by atoms with Crippen molar-refractivity contribution >= 4 is 18.7 Å². The molecule has 2 rings (SSSR count). The number of hydrogen-bond acceptors (Lipinski definition) is 1. The zero-order chi connectivity index (χ0) is 13.7. The lowest BCUT2D eigenvalue weighted by molar-refractivity contribution is 0.239. The normalized spacial score (nSPS) is 11.8. The smallest absolute Gasteiger partial charge is 0.255 e. The highest BCUT2D eigenvalue weighted by Gasteiger charge is 2.38. The Morgan fingerprint density at radius 2 is 1.26 bits per heavy atom. The molecule has 0 amide bonds. The van der Waals surface area contributed by atoms with Crippen LogP contribution in [0.3, 0.4) is 0 Å². The zero-order valence-corrected chi connectivity index (χ0v) is 13.0. The summed E-state index contributed by atoms with van der Waals surface area (Å²) in [6, 6.07) is 22.5. The molecule has 2 aromatic carbocycles. The second kappa shape index (κ2) is 6.18. The predicted octanol–water partition coefficient (Wildman–Crippen LogP) is 3.19. The Morgan fingerprint density at radius 3 is 1.58 bits per heavy atom. The molecule has 0 N–H and O–H groups in total. The summed E-state index contributed by atoms with van der Waals surface area (Å²) in [6.07, 6.45) is 0.243. The fourth-order valence-electron chi connectivity index (χ4n) is 2.61. The minimum absolute atomic E-state index is 0.243. The quantitative estimate of drug-likeness (QED) is 0.758. The van der Waals surface area contributed by atoms with Crippen molar-refractivity contribution in [3.8, 4) is 0 Å². The van der Waals surface area contributed by atoms with Gasteiger partial charge >= 0.3 is 0 Å². The summed E-state index contributed by atoms with van der Waals surface area (Å²) in [4.78, 5) is 0. The maximum absolute atomic E-state index is 6.50. The van der Waals surface area contributed by atoms with Gasteiger partial charge in [0.2, 0.25) is 0 Å². The fourth-order valence-corrected chi connectivity index (χ4v) is 6.47. The molecule has 2 heteroatoms. The van der Waals surface area contributed by atoms with E-state index < -0.39 is 8.32 Å². The molecular formula is C17H22OSi. The second-order valence-corrected chi connectivity index (χ2v) is 8.83. The van der Waals surface area contributed by atoms with Crippen LogP contribution in [0.5, 0.6) is 0 Å². The molecule has 0 saturated carbocycles. The summed E-state index contributed by atoms with van der Waals surface area (Å²) in [6.45, 7) is 6.50. The van der Waals surface area contributed by atoms with Crippen molar-refractivity contribution < 1.29 is 4.43 Å². The Labute approximate surface area is 117 Å². The molecule has 0 radical (unpaired) electrons. The Kier molecular flexibility index (Phi) is 4.56. The standard InChI is InChI=1S/C17H22OSi/c1-4-19(18-15(2)3,16-11-7-5-8-12-16)17-13-9-6-10-14-17/h5-15H,4H2,1-3H3. The third-order valence-electron chi connectivity index (χ3n) is 3.41. The van der Waals surface area contributed by atoms with E-state index in [0.717, 1.165) is 6.04 Å². The molecule has 0 bridgehead atoms. The van der Waals surface area contributed by atoms with Crippen LogP contribution in [0.25, 0.3) is 0 Å². The van der Waals surface area contributed by atoms with Gasteiger partial charge in [-0.2, -0.15) is 0 Å². The molecule has 2 aromatic rings. The van der Waals surface area contributed by atoms with Gasteiger partial charge in [-0.1, -0.05) is 67.6 Å². The number of rotatable bonds is 5. The van der Waals surface area contributed by atoms with Crippen LogP contribution in [0.1, 0.15) is 20.8 Å². The average Bonchev–Trinajstić information content (AvgIpc) is 2.46. The predicted molar refractivity (Wildman–Crippen MR) is 84.6 cm³/mol. The molecule has 0 fully saturated rings. The molecule has 0 unspecified atom stereocenters. The first-order valence-corrected chi connectivity index (χ1v) is 9.09. The fraction of sp³-hybridized carbons (Fsp3) is 0.294. The lowest BCUT2D eigenvalue weighted by Gasteiger charge is -2.33. The largest absolute Gasteiger partial charge is 0.406 e. The maximum Gasteiger partial charge on any atom is 0.255 e. The molecule has 0 heterocycles. The third-order valence-corrected chi connectivity index (χ3v) is 7.82. The van der Waals surface area contributed by atoms with Gasteiger partial charge in [-0.05, 0) is 30.3 Å². The maximum atomic E-state index is 6.50. The van der Waals surface area contributed by atoms with Gasteiger partial charge in [0, 0.05) is 6.10 Å². The van der Waals surface area contributed by atoms with E-state index in [0.29, 0.717) is 0 Å². The molecule has 0 aromatic heterocycles. The molecule has 0 spiro atoms. The van der Waals surface area contributed by atoms with E-state index in [-0.39, 0.29) is 6.10 Å². The molecule has 19 heavy (non-hydrogen) atoms. The highest BCUT2D eigenvalue weighted by molar-refractivity contribution is 6.97. The van der Waals surface area contributed by atoms with Crippen LogP contribution in [-0.4, -0.2) is 14.4 Å². The van der Waals surface area contributed by atoms with Crippen molar-refractivity contribution in [2.45, 2.75) is 32.9 Å². The minimum Gasteiger partial charge on any atom is -0.406 e. The van der Waals surface area contributed by atoms with Gasteiger partial charge in [0.15, 0.2) is 0 Å². The van der Waals surface area contributed by atoms with Gasteiger partial charge in [0.1, 0.15) is 0 Å². The molecule has 0 aliphatic heterocycles. The molecule has 0 aliphatic rings. The molecule has 0 atom stereocenters. The van der Waals surface area contributed by atoms with Gasteiger partial charge in [-0.25, -0.2) is 0 Å². The summed E-state index contributed by atoms with van der Waals surface area (Å²) in [7, 11) is -2.08. The van der Waals surface area contributed by atoms with Crippen LogP contribution < -0.4 is 10.4 Å². The van der Waals surface area contributed by atoms with E-state index in [1.807, 2.05) is 0 Å². The zero-order valence-electron chi connectivity index (χ0n) is 12.0. The molecule has 100 valence electrons. The van der Waals surface area contributed by atoms with Gasteiger partial charge in [-0.15, -0.1) is 0 Å². The van der Waals surface area contributed by atoms with E-state index >= 15 is 0 Å². The average molecular weight is 270 g/mol. The third kappa shape index (κ3) is 2.96. The Balaban J connectivity index is 2.55. The van der Waals surface area contributed by atoms with Gasteiger partial charge in [-0.3, -0.25) is 0 Å². The van der Waals surface area contributed by atoms with Crippen LogP contribution in [0.4, 0.5) is 0 Å². The van der Waals surface area contributed by atoms with E-state index in [1.165, 1.54) is 10.4 Å². The Hall–Kier alpha value is -1.38. The van der Waals surface area contributed by atoms with Gasteiger partial charge in [0.25, 0.3) is 8.32 Å². The molecule has 1 nitrogen and oxygen atoms in total. The van der Waals surface area contributed by atoms with Crippen LogP contribution in [0.15, 0.2) is 60.7 Å². The minimum atomic E-state index is -2.08. The second-order valence-electron chi connectivity index (χ2n) is 5.08. The van der Waals surface area contributed by atoms with Crippen molar-refractivity contribution in [1.82, 2.24) is 0 Å². The van der Waals surface area contributed by atoms with Crippen LogP contribution in [0.2, 0.25) is 6.04 Å². The summed E-state index contributed by atoms with van der Waals surface area (Å²) in [5.41, 5.74) is 0. The summed E-state index contributed by atoms with van der Waals surface area (Å²) in [5.74, 6) is 0. The number of benzene rings is 2. The first-order valence-electron chi connectivity index (χ1n) is 6.98. The lowest BCUT2D eigenvalue weighted by atomic mass is 10.4.